The number of benzene rings is 2. The molecule has 0 saturated heterocycles. The van der Waals surface area contributed by atoms with Gasteiger partial charge in [0.1, 0.15) is 0 Å². The molecule has 0 unspecified atom stereocenters. The Kier molecular flexibility index (Phi) is 5.23. The van der Waals surface area contributed by atoms with E-state index in [1.807, 2.05) is 23.6 Å². The highest BCUT2D eigenvalue weighted by Gasteiger charge is 2.02. The molecule has 0 fully saturated rings. The predicted molar refractivity (Wildman–Crippen MR) is 104 cm³/mol. The number of thiazole rings is 1. The third-order valence-corrected chi connectivity index (χ3v) is 4.50. The topological polar surface area (TPSA) is 40.5 Å². The van der Waals surface area contributed by atoms with Crippen molar-refractivity contribution in [3.63, 3.8) is 0 Å². The first-order valence-electron chi connectivity index (χ1n) is 7.87. The Morgan fingerprint density at radius 2 is 1.88 bits per heavy atom. The first kappa shape index (κ1) is 16.2. The summed E-state index contributed by atoms with van der Waals surface area (Å²) in [5.41, 5.74) is 7.33. The van der Waals surface area contributed by atoms with Crippen molar-refractivity contribution in [3.8, 4) is 11.3 Å². The highest BCUT2D eigenvalue weighted by molar-refractivity contribution is 7.14. The van der Waals surface area contributed by atoms with E-state index >= 15 is 0 Å². The molecule has 1 N–H and O–H groups in total. The smallest absolute Gasteiger partial charge is 0.203 e. The summed E-state index contributed by atoms with van der Waals surface area (Å²) in [6.45, 7) is 3.12. The third-order valence-electron chi connectivity index (χ3n) is 3.76. The molecule has 3 aromatic rings. The lowest BCUT2D eigenvalue weighted by atomic mass is 10.2. The van der Waals surface area contributed by atoms with Crippen LogP contribution in [0, 0.1) is 0 Å². The fourth-order valence-corrected chi connectivity index (χ4v) is 2.89. The second-order valence-electron chi connectivity index (χ2n) is 5.38. The Morgan fingerprint density at radius 1 is 1.12 bits per heavy atom. The molecule has 2 aromatic carbocycles. The van der Waals surface area contributed by atoms with Gasteiger partial charge in [-0.25, -0.2) is 4.98 Å². The molecular formula is C19H20N4S. The molecule has 0 aliphatic rings. The SMILES string of the molecule is CCN(C)c1ccc(C=NNc2nc(-c3ccccc3)cs2)cc1. The quantitative estimate of drug-likeness (QED) is 0.523. The van der Waals surface area contributed by atoms with Gasteiger partial charge in [-0.1, -0.05) is 42.5 Å². The maximum absolute atomic E-state index is 4.55. The van der Waals surface area contributed by atoms with E-state index in [2.05, 4.69) is 70.8 Å². The summed E-state index contributed by atoms with van der Waals surface area (Å²) in [5.74, 6) is 0. The highest BCUT2D eigenvalue weighted by Crippen LogP contribution is 2.24. The predicted octanol–water partition coefficient (Wildman–Crippen LogP) is 4.71. The van der Waals surface area contributed by atoms with Crippen LogP contribution in [0.3, 0.4) is 0 Å². The zero-order chi connectivity index (χ0) is 16.8. The average molecular weight is 336 g/mol. The molecule has 3 rings (SSSR count). The maximum Gasteiger partial charge on any atom is 0.203 e. The molecule has 5 heteroatoms. The molecule has 1 heterocycles. The van der Waals surface area contributed by atoms with Crippen LogP contribution in [-0.2, 0) is 0 Å². The largest absolute Gasteiger partial charge is 0.375 e. The van der Waals surface area contributed by atoms with E-state index < -0.39 is 0 Å². The standard InChI is InChI=1S/C19H20N4S/c1-3-23(2)17-11-9-15(10-12-17)13-20-22-19-21-18(14-24-19)16-7-5-4-6-8-16/h4-14H,3H2,1-2H3,(H,21,22). The molecule has 0 bridgehead atoms. The van der Waals surface area contributed by atoms with Gasteiger partial charge in [0.15, 0.2) is 0 Å². The van der Waals surface area contributed by atoms with Crippen LogP contribution in [0.15, 0.2) is 65.1 Å². The van der Waals surface area contributed by atoms with Gasteiger partial charge in [-0.3, -0.25) is 5.43 Å². The third kappa shape index (κ3) is 4.00. The Hall–Kier alpha value is -2.66. The van der Waals surface area contributed by atoms with Crippen molar-refractivity contribution in [2.24, 2.45) is 5.10 Å². The van der Waals surface area contributed by atoms with E-state index in [-0.39, 0.29) is 0 Å². The van der Waals surface area contributed by atoms with Gasteiger partial charge in [0.05, 0.1) is 11.9 Å². The second-order valence-corrected chi connectivity index (χ2v) is 6.24. The van der Waals surface area contributed by atoms with E-state index in [0.29, 0.717) is 0 Å². The van der Waals surface area contributed by atoms with E-state index in [1.54, 1.807) is 17.6 Å². The molecule has 0 amide bonds. The number of hydrazone groups is 1. The van der Waals surface area contributed by atoms with Crippen LogP contribution in [0.1, 0.15) is 12.5 Å². The van der Waals surface area contributed by atoms with Gasteiger partial charge in [-0.05, 0) is 24.6 Å². The number of nitrogens with zero attached hydrogens (tertiary/aromatic N) is 3. The minimum Gasteiger partial charge on any atom is -0.375 e. The average Bonchev–Trinajstić information content (AvgIpc) is 3.11. The van der Waals surface area contributed by atoms with E-state index in [1.165, 1.54) is 5.69 Å². The van der Waals surface area contributed by atoms with Crippen molar-refractivity contribution in [2.75, 3.05) is 23.9 Å². The Bertz CT molecular complexity index is 794. The molecule has 1 aromatic heterocycles. The summed E-state index contributed by atoms with van der Waals surface area (Å²) in [7, 11) is 2.08. The summed E-state index contributed by atoms with van der Waals surface area (Å²) < 4.78 is 0. The molecule has 0 aliphatic heterocycles. The van der Waals surface area contributed by atoms with Crippen molar-refractivity contribution < 1.29 is 0 Å². The van der Waals surface area contributed by atoms with E-state index in [0.717, 1.165) is 28.5 Å². The lowest BCUT2D eigenvalue weighted by Crippen LogP contribution is -2.15. The normalized spacial score (nSPS) is 10.9. The number of hydrogen-bond donors (Lipinski definition) is 1. The summed E-state index contributed by atoms with van der Waals surface area (Å²) in [6.07, 6.45) is 1.80. The molecule has 0 aliphatic carbocycles. The van der Waals surface area contributed by atoms with Crippen LogP contribution in [0.5, 0.6) is 0 Å². The van der Waals surface area contributed by atoms with Gasteiger partial charge in [0, 0.05) is 30.2 Å². The molecule has 122 valence electrons. The van der Waals surface area contributed by atoms with Crippen molar-refractivity contribution in [1.82, 2.24) is 4.98 Å². The number of rotatable bonds is 6. The Labute approximate surface area is 146 Å². The Balaban J connectivity index is 1.61. The fraction of sp³-hybridized carbons (Fsp3) is 0.158. The first-order valence-corrected chi connectivity index (χ1v) is 8.75. The lowest BCUT2D eigenvalue weighted by molar-refractivity contribution is 0.968. The molecular weight excluding hydrogens is 316 g/mol. The monoisotopic (exact) mass is 336 g/mol. The zero-order valence-corrected chi connectivity index (χ0v) is 14.6. The molecule has 24 heavy (non-hydrogen) atoms. The van der Waals surface area contributed by atoms with Crippen molar-refractivity contribution in [3.05, 3.63) is 65.5 Å². The minimum absolute atomic E-state index is 0.785. The van der Waals surface area contributed by atoms with Crippen LogP contribution in [0.25, 0.3) is 11.3 Å². The van der Waals surface area contributed by atoms with Gasteiger partial charge >= 0.3 is 0 Å². The maximum atomic E-state index is 4.55. The lowest BCUT2D eigenvalue weighted by Gasteiger charge is -2.16. The first-order chi connectivity index (χ1) is 11.8. The molecule has 0 saturated carbocycles. The summed E-state index contributed by atoms with van der Waals surface area (Å²) in [5, 5.41) is 7.09. The minimum atomic E-state index is 0.785. The van der Waals surface area contributed by atoms with Crippen molar-refractivity contribution >= 4 is 28.4 Å². The Morgan fingerprint density at radius 3 is 2.58 bits per heavy atom. The summed E-state index contributed by atoms with van der Waals surface area (Å²) >= 11 is 1.55. The zero-order valence-electron chi connectivity index (χ0n) is 13.8. The molecule has 0 spiro atoms. The van der Waals surface area contributed by atoms with Crippen LogP contribution in [0.4, 0.5) is 10.8 Å². The highest BCUT2D eigenvalue weighted by atomic mass is 32.1. The van der Waals surface area contributed by atoms with Crippen LogP contribution >= 0.6 is 11.3 Å². The van der Waals surface area contributed by atoms with Gasteiger partial charge in [0.2, 0.25) is 5.13 Å². The summed E-state index contributed by atoms with van der Waals surface area (Å²) in [4.78, 5) is 6.74. The number of aromatic nitrogens is 1. The van der Waals surface area contributed by atoms with Crippen LogP contribution < -0.4 is 10.3 Å². The van der Waals surface area contributed by atoms with Gasteiger partial charge < -0.3 is 4.90 Å². The van der Waals surface area contributed by atoms with E-state index in [9.17, 15) is 0 Å². The summed E-state index contributed by atoms with van der Waals surface area (Å²) in [6, 6.07) is 18.5. The van der Waals surface area contributed by atoms with E-state index in [4.69, 9.17) is 0 Å². The molecule has 4 nitrogen and oxygen atoms in total. The second kappa shape index (κ2) is 7.75. The van der Waals surface area contributed by atoms with Crippen molar-refractivity contribution in [2.45, 2.75) is 6.92 Å². The van der Waals surface area contributed by atoms with Crippen LogP contribution in [-0.4, -0.2) is 24.8 Å². The molecule has 0 radical (unpaired) electrons. The number of nitrogens with one attached hydrogen (secondary N) is 1. The molecule has 0 atom stereocenters. The fourth-order valence-electron chi connectivity index (χ4n) is 2.23. The number of hydrogen-bond acceptors (Lipinski definition) is 5. The van der Waals surface area contributed by atoms with Gasteiger partial charge in [0.25, 0.3) is 0 Å². The van der Waals surface area contributed by atoms with Crippen LogP contribution in [0.2, 0.25) is 0 Å². The van der Waals surface area contributed by atoms with Gasteiger partial charge in [-0.2, -0.15) is 5.10 Å². The van der Waals surface area contributed by atoms with Crippen molar-refractivity contribution in [1.29, 1.82) is 0 Å². The number of anilines is 2. The van der Waals surface area contributed by atoms with Gasteiger partial charge in [-0.15, -0.1) is 11.3 Å².